The van der Waals surface area contributed by atoms with Crippen LogP contribution in [0.2, 0.25) is 0 Å². The van der Waals surface area contributed by atoms with Crippen LogP contribution in [0.15, 0.2) is 42.7 Å². The summed E-state index contributed by atoms with van der Waals surface area (Å²) in [6.07, 6.45) is 4.51. The molecule has 0 aliphatic carbocycles. The Morgan fingerprint density at radius 3 is 2.59 bits per heavy atom. The van der Waals surface area contributed by atoms with Crippen molar-refractivity contribution in [2.75, 3.05) is 17.2 Å². The van der Waals surface area contributed by atoms with Crippen molar-refractivity contribution in [3.63, 3.8) is 0 Å². The van der Waals surface area contributed by atoms with Gasteiger partial charge in [0.1, 0.15) is 5.82 Å². The Morgan fingerprint density at radius 2 is 1.82 bits per heavy atom. The van der Waals surface area contributed by atoms with E-state index < -0.39 is 0 Å². The molecule has 0 radical (unpaired) electrons. The van der Waals surface area contributed by atoms with Gasteiger partial charge in [-0.25, -0.2) is 4.98 Å². The molecule has 1 aromatic heterocycles. The average Bonchev–Trinajstić information content (AvgIpc) is 2.38. The first-order valence-electron chi connectivity index (χ1n) is 5.76. The van der Waals surface area contributed by atoms with Crippen molar-refractivity contribution in [3.8, 4) is 0 Å². The summed E-state index contributed by atoms with van der Waals surface area (Å²) in [5, 5.41) is 6.41. The number of nitrogens with zero attached hydrogens (tertiary/aromatic N) is 2. The van der Waals surface area contributed by atoms with Crippen LogP contribution >= 0.6 is 0 Å². The van der Waals surface area contributed by atoms with Crippen LogP contribution in [-0.4, -0.2) is 16.5 Å². The lowest BCUT2D eigenvalue weighted by atomic mass is 10.3. The maximum absolute atomic E-state index is 4.42. The minimum atomic E-state index is 0.748. The number of hydrogen-bond donors (Lipinski definition) is 2. The van der Waals surface area contributed by atoms with Crippen LogP contribution in [0.5, 0.6) is 0 Å². The lowest BCUT2D eigenvalue weighted by molar-refractivity contribution is 0.965. The number of para-hydroxylation sites is 1. The third kappa shape index (κ3) is 3.45. The molecule has 2 rings (SSSR count). The maximum Gasteiger partial charge on any atom is 0.151 e. The van der Waals surface area contributed by atoms with E-state index in [0.29, 0.717) is 0 Å². The summed E-state index contributed by atoms with van der Waals surface area (Å²) in [6, 6.07) is 9.93. The van der Waals surface area contributed by atoms with Gasteiger partial charge in [0.2, 0.25) is 0 Å². The molecule has 2 aromatic rings. The summed E-state index contributed by atoms with van der Waals surface area (Å²) in [6.45, 7) is 3.02. The lowest BCUT2D eigenvalue weighted by Crippen LogP contribution is -2.04. The van der Waals surface area contributed by atoms with Gasteiger partial charge >= 0.3 is 0 Å². The highest BCUT2D eigenvalue weighted by atomic mass is 15.1. The van der Waals surface area contributed by atoms with Crippen LogP contribution in [0.25, 0.3) is 0 Å². The Balaban J connectivity index is 2.06. The average molecular weight is 228 g/mol. The van der Waals surface area contributed by atoms with E-state index in [0.717, 1.165) is 30.3 Å². The Hall–Kier alpha value is -2.10. The monoisotopic (exact) mass is 228 g/mol. The molecule has 4 nitrogen and oxygen atoms in total. The topological polar surface area (TPSA) is 49.8 Å². The minimum absolute atomic E-state index is 0.748. The van der Waals surface area contributed by atoms with Gasteiger partial charge in [0, 0.05) is 12.2 Å². The van der Waals surface area contributed by atoms with Crippen molar-refractivity contribution in [1.82, 2.24) is 9.97 Å². The van der Waals surface area contributed by atoms with Crippen LogP contribution in [0.1, 0.15) is 13.3 Å². The van der Waals surface area contributed by atoms with E-state index in [2.05, 4.69) is 27.5 Å². The summed E-state index contributed by atoms with van der Waals surface area (Å²) in [5.74, 6) is 1.55. The molecule has 0 amide bonds. The number of anilines is 3. The van der Waals surface area contributed by atoms with Crippen LogP contribution in [0, 0.1) is 0 Å². The number of hydrogen-bond acceptors (Lipinski definition) is 4. The van der Waals surface area contributed by atoms with Crippen LogP contribution in [0.4, 0.5) is 17.3 Å². The first-order chi connectivity index (χ1) is 8.38. The molecular weight excluding hydrogens is 212 g/mol. The highest BCUT2D eigenvalue weighted by Gasteiger charge is 1.98. The highest BCUT2D eigenvalue weighted by molar-refractivity contribution is 5.56. The Morgan fingerprint density at radius 1 is 1.06 bits per heavy atom. The van der Waals surface area contributed by atoms with E-state index in [1.165, 1.54) is 0 Å². The van der Waals surface area contributed by atoms with E-state index >= 15 is 0 Å². The number of rotatable bonds is 5. The predicted octanol–water partition coefficient (Wildman–Crippen LogP) is 3.04. The van der Waals surface area contributed by atoms with E-state index in [-0.39, 0.29) is 0 Å². The number of benzene rings is 1. The molecule has 0 aliphatic rings. The Labute approximate surface area is 101 Å². The molecule has 0 spiro atoms. The van der Waals surface area contributed by atoms with Crippen molar-refractivity contribution < 1.29 is 0 Å². The fraction of sp³-hybridized carbons (Fsp3) is 0.231. The quantitative estimate of drug-likeness (QED) is 0.825. The molecule has 0 fully saturated rings. The van der Waals surface area contributed by atoms with Crippen LogP contribution in [0.3, 0.4) is 0 Å². The normalized spacial score (nSPS) is 9.94. The zero-order valence-corrected chi connectivity index (χ0v) is 9.85. The molecule has 88 valence electrons. The zero-order chi connectivity index (χ0) is 11.9. The summed E-state index contributed by atoms with van der Waals surface area (Å²) in [5.41, 5.74) is 1.01. The van der Waals surface area contributed by atoms with E-state index in [4.69, 9.17) is 0 Å². The van der Waals surface area contributed by atoms with Gasteiger partial charge < -0.3 is 10.6 Å². The molecule has 1 heterocycles. The molecule has 4 heteroatoms. The molecular formula is C13H16N4. The fourth-order valence-corrected chi connectivity index (χ4v) is 1.43. The molecule has 0 atom stereocenters. The molecule has 1 aromatic carbocycles. The van der Waals surface area contributed by atoms with Crippen molar-refractivity contribution >= 4 is 17.3 Å². The highest BCUT2D eigenvalue weighted by Crippen LogP contribution is 2.14. The molecule has 0 bridgehead atoms. The molecule has 0 unspecified atom stereocenters. The van der Waals surface area contributed by atoms with Crippen molar-refractivity contribution in [3.05, 3.63) is 42.7 Å². The summed E-state index contributed by atoms with van der Waals surface area (Å²) in [7, 11) is 0. The van der Waals surface area contributed by atoms with E-state index in [1.807, 2.05) is 30.3 Å². The Bertz CT molecular complexity index is 456. The van der Waals surface area contributed by atoms with E-state index in [9.17, 15) is 0 Å². The van der Waals surface area contributed by atoms with Gasteiger partial charge in [0.05, 0.1) is 12.4 Å². The number of aromatic nitrogens is 2. The third-order valence-corrected chi connectivity index (χ3v) is 2.24. The predicted molar refractivity (Wildman–Crippen MR) is 70.5 cm³/mol. The molecule has 0 aliphatic heterocycles. The van der Waals surface area contributed by atoms with Gasteiger partial charge in [-0.1, -0.05) is 25.1 Å². The number of nitrogens with one attached hydrogen (secondary N) is 2. The minimum Gasteiger partial charge on any atom is -0.369 e. The summed E-state index contributed by atoms with van der Waals surface area (Å²) >= 11 is 0. The molecule has 2 N–H and O–H groups in total. The first kappa shape index (κ1) is 11.4. The van der Waals surface area contributed by atoms with Crippen molar-refractivity contribution in [1.29, 1.82) is 0 Å². The molecule has 0 saturated heterocycles. The molecule has 0 saturated carbocycles. The second kappa shape index (κ2) is 5.84. The van der Waals surface area contributed by atoms with Gasteiger partial charge in [-0.3, -0.25) is 4.98 Å². The van der Waals surface area contributed by atoms with Crippen molar-refractivity contribution in [2.45, 2.75) is 13.3 Å². The van der Waals surface area contributed by atoms with Crippen LogP contribution in [-0.2, 0) is 0 Å². The lowest BCUT2D eigenvalue weighted by Gasteiger charge is -2.07. The maximum atomic E-state index is 4.42. The summed E-state index contributed by atoms with van der Waals surface area (Å²) in [4.78, 5) is 8.57. The van der Waals surface area contributed by atoms with Gasteiger partial charge in [-0.15, -0.1) is 0 Å². The first-order valence-corrected chi connectivity index (χ1v) is 5.76. The van der Waals surface area contributed by atoms with Gasteiger partial charge in [-0.05, 0) is 18.6 Å². The zero-order valence-electron chi connectivity index (χ0n) is 9.85. The second-order valence-corrected chi connectivity index (χ2v) is 3.71. The van der Waals surface area contributed by atoms with Gasteiger partial charge in [0.15, 0.2) is 5.82 Å². The summed E-state index contributed by atoms with van der Waals surface area (Å²) < 4.78 is 0. The fourth-order valence-electron chi connectivity index (χ4n) is 1.43. The smallest absolute Gasteiger partial charge is 0.151 e. The van der Waals surface area contributed by atoms with Gasteiger partial charge in [0.25, 0.3) is 0 Å². The SMILES string of the molecule is CCCNc1cncc(Nc2ccccc2)n1. The Kier molecular flexibility index (Phi) is 3.91. The van der Waals surface area contributed by atoms with Gasteiger partial charge in [-0.2, -0.15) is 0 Å². The largest absolute Gasteiger partial charge is 0.369 e. The third-order valence-electron chi connectivity index (χ3n) is 2.24. The van der Waals surface area contributed by atoms with Crippen molar-refractivity contribution in [2.24, 2.45) is 0 Å². The molecule has 17 heavy (non-hydrogen) atoms. The van der Waals surface area contributed by atoms with E-state index in [1.54, 1.807) is 12.4 Å². The standard InChI is InChI=1S/C13H16N4/c1-2-8-15-12-9-14-10-13(17-12)16-11-6-4-3-5-7-11/h3-7,9-10H,2,8H2,1H3,(H2,15,16,17). The second-order valence-electron chi connectivity index (χ2n) is 3.71. The van der Waals surface area contributed by atoms with Crippen LogP contribution < -0.4 is 10.6 Å².